The summed E-state index contributed by atoms with van der Waals surface area (Å²) >= 11 is 0. The number of aliphatic hydroxyl groups is 1. The molecule has 2 aromatic heterocycles. The highest BCUT2D eigenvalue weighted by atomic mass is 16.3. The van der Waals surface area contributed by atoms with E-state index >= 15 is 0 Å². The first-order valence-electron chi connectivity index (χ1n) is 9.48. The number of aliphatic hydroxyl groups excluding tert-OH is 1. The average Bonchev–Trinajstić information content (AvgIpc) is 2.71. The molecule has 0 aliphatic carbocycles. The zero-order chi connectivity index (χ0) is 19.5. The third kappa shape index (κ3) is 3.69. The zero-order valence-corrected chi connectivity index (χ0v) is 16.0. The molecule has 1 aliphatic rings. The molecule has 3 aromatic rings. The van der Waals surface area contributed by atoms with Gasteiger partial charge in [0.15, 0.2) is 11.6 Å². The summed E-state index contributed by atoms with van der Waals surface area (Å²) in [6, 6.07) is 10.1. The van der Waals surface area contributed by atoms with Gasteiger partial charge in [-0.3, -0.25) is 9.88 Å². The number of anilines is 4. The number of nitrogen functional groups attached to an aromatic ring is 1. The van der Waals surface area contributed by atoms with Crippen LogP contribution in [-0.2, 0) is 0 Å². The van der Waals surface area contributed by atoms with Crippen LogP contribution in [0.3, 0.4) is 0 Å². The van der Waals surface area contributed by atoms with Crippen molar-refractivity contribution in [3.8, 4) is 0 Å². The van der Waals surface area contributed by atoms with E-state index in [0.717, 1.165) is 54.3 Å². The minimum absolute atomic E-state index is 0.183. The van der Waals surface area contributed by atoms with E-state index < -0.39 is 0 Å². The van der Waals surface area contributed by atoms with Gasteiger partial charge in [-0.05, 0) is 19.1 Å². The summed E-state index contributed by atoms with van der Waals surface area (Å²) in [5.74, 6) is 1.32. The number of aromatic nitrogens is 3. The number of para-hydroxylation sites is 1. The number of nitrogens with zero attached hydrogens (tertiary/aromatic N) is 5. The van der Waals surface area contributed by atoms with Crippen molar-refractivity contribution in [3.63, 3.8) is 0 Å². The molecule has 0 spiro atoms. The van der Waals surface area contributed by atoms with Gasteiger partial charge in [-0.25, -0.2) is 9.97 Å². The van der Waals surface area contributed by atoms with Crippen LogP contribution >= 0.6 is 0 Å². The molecule has 0 saturated carbocycles. The molecule has 0 radical (unpaired) electrons. The highest BCUT2D eigenvalue weighted by Crippen LogP contribution is 2.31. The minimum Gasteiger partial charge on any atom is -0.395 e. The summed E-state index contributed by atoms with van der Waals surface area (Å²) in [5, 5.41) is 13.5. The van der Waals surface area contributed by atoms with Gasteiger partial charge in [0.1, 0.15) is 12.0 Å². The first kappa shape index (κ1) is 18.4. The van der Waals surface area contributed by atoms with E-state index in [-0.39, 0.29) is 6.61 Å². The Morgan fingerprint density at radius 1 is 1.11 bits per heavy atom. The van der Waals surface area contributed by atoms with E-state index in [2.05, 4.69) is 36.1 Å². The lowest BCUT2D eigenvalue weighted by Crippen LogP contribution is -2.47. The second-order valence-electron chi connectivity index (χ2n) is 6.97. The van der Waals surface area contributed by atoms with Crippen molar-refractivity contribution >= 4 is 33.9 Å². The summed E-state index contributed by atoms with van der Waals surface area (Å²) in [6.45, 7) is 6.24. The molecule has 0 unspecified atom stereocenters. The van der Waals surface area contributed by atoms with Crippen LogP contribution in [0.2, 0.25) is 0 Å². The van der Waals surface area contributed by atoms with E-state index in [1.807, 2.05) is 31.2 Å². The molecule has 1 saturated heterocycles. The maximum Gasteiger partial charge on any atom is 0.159 e. The second-order valence-corrected chi connectivity index (χ2v) is 6.97. The van der Waals surface area contributed by atoms with Gasteiger partial charge in [-0.2, -0.15) is 0 Å². The number of hydrogen-bond acceptors (Lipinski definition) is 8. The smallest absolute Gasteiger partial charge is 0.159 e. The maximum absolute atomic E-state index is 9.11. The third-order valence-electron chi connectivity index (χ3n) is 5.06. The van der Waals surface area contributed by atoms with Gasteiger partial charge in [-0.15, -0.1) is 0 Å². The van der Waals surface area contributed by atoms with Gasteiger partial charge in [0.25, 0.3) is 0 Å². The number of piperazine rings is 1. The molecule has 3 heterocycles. The quantitative estimate of drug-likeness (QED) is 0.616. The molecule has 0 amide bonds. The van der Waals surface area contributed by atoms with Crippen LogP contribution in [-0.4, -0.2) is 64.3 Å². The van der Waals surface area contributed by atoms with Crippen LogP contribution in [0.5, 0.6) is 0 Å². The van der Waals surface area contributed by atoms with Crippen molar-refractivity contribution in [1.82, 2.24) is 19.9 Å². The van der Waals surface area contributed by atoms with Crippen LogP contribution in [0.1, 0.15) is 5.69 Å². The lowest BCUT2D eigenvalue weighted by atomic mass is 10.1. The number of hydrogen-bond donors (Lipinski definition) is 3. The van der Waals surface area contributed by atoms with Crippen molar-refractivity contribution in [1.29, 1.82) is 0 Å². The van der Waals surface area contributed by atoms with Crippen LogP contribution in [0, 0.1) is 6.92 Å². The van der Waals surface area contributed by atoms with Crippen LogP contribution < -0.4 is 16.0 Å². The van der Waals surface area contributed by atoms with E-state index in [1.54, 1.807) is 0 Å². The molecular formula is C20H25N7O. The van der Waals surface area contributed by atoms with Gasteiger partial charge in [0, 0.05) is 43.8 Å². The number of rotatable bonds is 5. The predicted octanol–water partition coefficient (Wildman–Crippen LogP) is 1.77. The standard InChI is InChI=1S/C20H25N7O/c1-14-5-6-15-3-2-4-16(18(15)24-14)25-19-17(21)20(23-13-22-19)27-9-7-26(8-10-27)11-12-28/h2-6,13,28H,7-12,21H2,1H3,(H,22,23,25). The highest BCUT2D eigenvalue weighted by Gasteiger charge is 2.21. The predicted molar refractivity (Wildman–Crippen MR) is 112 cm³/mol. The van der Waals surface area contributed by atoms with Crippen LogP contribution in [0.25, 0.3) is 10.9 Å². The number of β-amino-alcohol motifs (C(OH)–C–C–N with tert-alkyl or cyclic N) is 1. The van der Waals surface area contributed by atoms with E-state index in [1.165, 1.54) is 6.33 Å². The summed E-state index contributed by atoms with van der Waals surface area (Å²) in [4.78, 5) is 17.8. The fraction of sp³-hybridized carbons (Fsp3) is 0.350. The number of nitrogens with two attached hydrogens (primary N) is 1. The van der Waals surface area contributed by atoms with Gasteiger partial charge in [-0.1, -0.05) is 18.2 Å². The SMILES string of the molecule is Cc1ccc2cccc(Nc3ncnc(N4CCN(CCO)CC4)c3N)c2n1. The molecule has 8 heteroatoms. The molecule has 146 valence electrons. The van der Waals surface area contributed by atoms with Crippen molar-refractivity contribution in [2.75, 3.05) is 55.3 Å². The van der Waals surface area contributed by atoms with Gasteiger partial charge in [0.2, 0.25) is 0 Å². The van der Waals surface area contributed by atoms with Crippen LogP contribution in [0.15, 0.2) is 36.7 Å². The number of fused-ring (bicyclic) bond motifs is 1. The lowest BCUT2D eigenvalue weighted by molar-refractivity contribution is 0.188. The zero-order valence-electron chi connectivity index (χ0n) is 16.0. The third-order valence-corrected chi connectivity index (χ3v) is 5.06. The largest absolute Gasteiger partial charge is 0.395 e. The Morgan fingerprint density at radius 2 is 1.93 bits per heavy atom. The van der Waals surface area contributed by atoms with Crippen molar-refractivity contribution < 1.29 is 5.11 Å². The van der Waals surface area contributed by atoms with Crippen molar-refractivity contribution in [2.45, 2.75) is 6.92 Å². The van der Waals surface area contributed by atoms with Gasteiger partial charge in [0.05, 0.1) is 17.8 Å². The van der Waals surface area contributed by atoms with E-state index in [4.69, 9.17) is 10.8 Å². The number of pyridine rings is 1. The lowest BCUT2D eigenvalue weighted by Gasteiger charge is -2.35. The first-order chi connectivity index (χ1) is 13.7. The van der Waals surface area contributed by atoms with E-state index in [9.17, 15) is 0 Å². The number of nitrogens with one attached hydrogen (secondary N) is 1. The second kappa shape index (κ2) is 7.95. The number of aryl methyl sites for hydroxylation is 1. The molecule has 1 fully saturated rings. The summed E-state index contributed by atoms with van der Waals surface area (Å²) in [6.07, 6.45) is 1.54. The monoisotopic (exact) mass is 379 g/mol. The maximum atomic E-state index is 9.11. The minimum atomic E-state index is 0.183. The summed E-state index contributed by atoms with van der Waals surface area (Å²) in [5.41, 5.74) is 9.67. The van der Waals surface area contributed by atoms with Crippen molar-refractivity contribution in [3.05, 3.63) is 42.4 Å². The number of benzene rings is 1. The Kier molecular flexibility index (Phi) is 5.23. The van der Waals surface area contributed by atoms with Crippen molar-refractivity contribution in [2.24, 2.45) is 0 Å². The fourth-order valence-corrected chi connectivity index (χ4v) is 3.54. The molecular weight excluding hydrogens is 354 g/mol. The molecule has 1 aromatic carbocycles. The van der Waals surface area contributed by atoms with E-state index in [0.29, 0.717) is 18.1 Å². The Bertz CT molecular complexity index is 970. The summed E-state index contributed by atoms with van der Waals surface area (Å²) in [7, 11) is 0. The molecule has 4 rings (SSSR count). The normalized spacial score (nSPS) is 15.1. The molecule has 4 N–H and O–H groups in total. The Morgan fingerprint density at radius 3 is 2.71 bits per heavy atom. The summed E-state index contributed by atoms with van der Waals surface area (Å²) < 4.78 is 0. The Balaban J connectivity index is 1.59. The van der Waals surface area contributed by atoms with Gasteiger partial charge >= 0.3 is 0 Å². The Hall–Kier alpha value is -2.97. The average molecular weight is 379 g/mol. The molecule has 0 bridgehead atoms. The Labute approximate surface area is 164 Å². The van der Waals surface area contributed by atoms with Crippen LogP contribution in [0.4, 0.5) is 23.0 Å². The van der Waals surface area contributed by atoms with Gasteiger partial charge < -0.3 is 21.1 Å². The molecule has 28 heavy (non-hydrogen) atoms. The molecule has 8 nitrogen and oxygen atoms in total. The highest BCUT2D eigenvalue weighted by molar-refractivity contribution is 5.93. The molecule has 1 aliphatic heterocycles. The molecule has 0 atom stereocenters. The fourth-order valence-electron chi connectivity index (χ4n) is 3.54. The topological polar surface area (TPSA) is 103 Å². The first-order valence-corrected chi connectivity index (χ1v) is 9.48.